The third-order valence-electron chi connectivity index (χ3n) is 3.21. The lowest BCUT2D eigenvalue weighted by Crippen LogP contribution is -2.34. The number of carbonyl (C=O) groups is 1. The molecule has 0 spiro atoms. The number of nitrogens with one attached hydrogen (secondary N) is 1. The van der Waals surface area contributed by atoms with Gasteiger partial charge in [0.15, 0.2) is 0 Å². The summed E-state index contributed by atoms with van der Waals surface area (Å²) < 4.78 is 5.32. The van der Waals surface area contributed by atoms with Crippen LogP contribution in [0.2, 0.25) is 5.02 Å². The van der Waals surface area contributed by atoms with E-state index in [0.29, 0.717) is 5.92 Å². The summed E-state index contributed by atoms with van der Waals surface area (Å²) >= 11 is 5.92. The van der Waals surface area contributed by atoms with Crippen molar-refractivity contribution in [2.45, 2.75) is 45.3 Å². The second kappa shape index (κ2) is 6.15. The van der Waals surface area contributed by atoms with Gasteiger partial charge in [-0.05, 0) is 57.2 Å². The molecule has 1 fully saturated rings. The molecule has 0 aromatic heterocycles. The number of ether oxygens (including phenoxy) is 1. The minimum Gasteiger partial charge on any atom is -0.459 e. The van der Waals surface area contributed by atoms with Gasteiger partial charge in [0.2, 0.25) is 0 Å². The van der Waals surface area contributed by atoms with E-state index in [0.717, 1.165) is 5.02 Å². The summed E-state index contributed by atoms with van der Waals surface area (Å²) in [6.45, 7) is 5.87. The highest BCUT2D eigenvalue weighted by atomic mass is 35.5. The van der Waals surface area contributed by atoms with Gasteiger partial charge in [0.05, 0.1) is 6.54 Å². The van der Waals surface area contributed by atoms with Crippen molar-refractivity contribution in [3.8, 4) is 0 Å². The summed E-state index contributed by atoms with van der Waals surface area (Å²) in [6.07, 6.45) is 2.41. The van der Waals surface area contributed by atoms with Crippen LogP contribution in [-0.4, -0.2) is 18.1 Å². The Morgan fingerprint density at radius 2 is 1.95 bits per heavy atom. The molecule has 1 atom stereocenters. The molecular formula is C16H22ClNO2. The Kier molecular flexibility index (Phi) is 4.71. The van der Waals surface area contributed by atoms with Gasteiger partial charge >= 0.3 is 5.97 Å². The average molecular weight is 296 g/mol. The minimum atomic E-state index is -0.436. The molecule has 0 amide bonds. The van der Waals surface area contributed by atoms with Crippen molar-refractivity contribution in [2.24, 2.45) is 5.92 Å². The Bertz CT molecular complexity index is 460. The quantitative estimate of drug-likeness (QED) is 0.841. The van der Waals surface area contributed by atoms with Crippen LogP contribution >= 0.6 is 11.6 Å². The SMILES string of the molecule is CC(C)(C)OC(=O)CNC(c1ccc(Cl)cc1)C1CC1. The van der Waals surface area contributed by atoms with E-state index in [1.807, 2.05) is 45.0 Å². The molecule has 1 N–H and O–H groups in total. The van der Waals surface area contributed by atoms with Gasteiger partial charge in [-0.3, -0.25) is 10.1 Å². The standard InChI is InChI=1S/C16H22ClNO2/c1-16(2,3)20-14(19)10-18-15(11-4-5-11)12-6-8-13(17)9-7-12/h6-9,11,15,18H,4-5,10H2,1-3H3. The maximum absolute atomic E-state index is 11.8. The van der Waals surface area contributed by atoms with E-state index in [1.165, 1.54) is 18.4 Å². The molecule has 0 aliphatic heterocycles. The number of carbonyl (C=O) groups excluding carboxylic acids is 1. The molecule has 0 saturated heterocycles. The van der Waals surface area contributed by atoms with Gasteiger partial charge < -0.3 is 4.74 Å². The Hall–Kier alpha value is -1.06. The zero-order chi connectivity index (χ0) is 14.8. The molecule has 0 heterocycles. The fourth-order valence-electron chi connectivity index (χ4n) is 2.23. The number of benzene rings is 1. The van der Waals surface area contributed by atoms with E-state index in [1.54, 1.807) is 0 Å². The molecule has 3 nitrogen and oxygen atoms in total. The lowest BCUT2D eigenvalue weighted by molar-refractivity contribution is -0.153. The van der Waals surface area contributed by atoms with E-state index in [9.17, 15) is 4.79 Å². The maximum Gasteiger partial charge on any atom is 0.320 e. The molecule has 2 rings (SSSR count). The van der Waals surface area contributed by atoms with Crippen LogP contribution in [-0.2, 0) is 9.53 Å². The second-order valence-corrected chi connectivity index (χ2v) is 6.77. The summed E-state index contributed by atoms with van der Waals surface area (Å²) in [5.74, 6) is 0.399. The van der Waals surface area contributed by atoms with Crippen LogP contribution in [0.5, 0.6) is 0 Å². The summed E-state index contributed by atoms with van der Waals surface area (Å²) in [6, 6.07) is 8.03. The van der Waals surface area contributed by atoms with Crippen LogP contribution in [0.3, 0.4) is 0 Å². The largest absolute Gasteiger partial charge is 0.459 e. The first-order valence-electron chi connectivity index (χ1n) is 7.06. The zero-order valence-corrected chi connectivity index (χ0v) is 13.0. The minimum absolute atomic E-state index is 0.208. The van der Waals surface area contributed by atoms with E-state index < -0.39 is 5.60 Å². The highest BCUT2D eigenvalue weighted by molar-refractivity contribution is 6.30. The van der Waals surface area contributed by atoms with Gasteiger partial charge in [0, 0.05) is 11.1 Å². The average Bonchev–Trinajstić information content (AvgIpc) is 3.13. The van der Waals surface area contributed by atoms with Crippen LogP contribution in [0, 0.1) is 5.92 Å². The van der Waals surface area contributed by atoms with Crippen LogP contribution in [0.4, 0.5) is 0 Å². The van der Waals surface area contributed by atoms with Crippen molar-refractivity contribution in [3.05, 3.63) is 34.9 Å². The summed E-state index contributed by atoms with van der Waals surface area (Å²) in [7, 11) is 0. The molecule has 1 saturated carbocycles. The number of hydrogen-bond donors (Lipinski definition) is 1. The molecule has 0 bridgehead atoms. The Morgan fingerprint density at radius 1 is 1.35 bits per heavy atom. The van der Waals surface area contributed by atoms with E-state index in [2.05, 4.69) is 5.32 Å². The van der Waals surface area contributed by atoms with Crippen molar-refractivity contribution in [1.82, 2.24) is 5.32 Å². The number of esters is 1. The fraction of sp³-hybridized carbons (Fsp3) is 0.562. The fourth-order valence-corrected chi connectivity index (χ4v) is 2.35. The molecular weight excluding hydrogens is 274 g/mol. The molecule has 1 aliphatic rings. The molecule has 4 heteroatoms. The highest BCUT2D eigenvalue weighted by Crippen LogP contribution is 2.41. The van der Waals surface area contributed by atoms with Crippen LogP contribution in [0.25, 0.3) is 0 Å². The van der Waals surface area contributed by atoms with Crippen molar-refractivity contribution < 1.29 is 9.53 Å². The van der Waals surface area contributed by atoms with E-state index in [4.69, 9.17) is 16.3 Å². The van der Waals surface area contributed by atoms with Crippen LogP contribution in [0.15, 0.2) is 24.3 Å². The van der Waals surface area contributed by atoms with E-state index >= 15 is 0 Å². The van der Waals surface area contributed by atoms with Gasteiger partial charge in [-0.2, -0.15) is 0 Å². The smallest absolute Gasteiger partial charge is 0.320 e. The molecule has 1 aromatic rings. The third-order valence-corrected chi connectivity index (χ3v) is 3.46. The zero-order valence-electron chi connectivity index (χ0n) is 12.3. The molecule has 1 aliphatic carbocycles. The normalized spacial score (nSPS) is 16.8. The monoisotopic (exact) mass is 295 g/mol. The summed E-state index contributed by atoms with van der Waals surface area (Å²) in [4.78, 5) is 11.8. The Morgan fingerprint density at radius 3 is 2.45 bits per heavy atom. The first kappa shape index (κ1) is 15.3. The van der Waals surface area contributed by atoms with Gasteiger partial charge in [-0.15, -0.1) is 0 Å². The lowest BCUT2D eigenvalue weighted by Gasteiger charge is -2.22. The molecule has 0 radical (unpaired) electrons. The number of halogens is 1. The van der Waals surface area contributed by atoms with Gasteiger partial charge in [-0.25, -0.2) is 0 Å². The van der Waals surface area contributed by atoms with Gasteiger partial charge in [0.1, 0.15) is 5.60 Å². The second-order valence-electron chi connectivity index (χ2n) is 6.33. The van der Waals surface area contributed by atoms with Crippen molar-refractivity contribution >= 4 is 17.6 Å². The lowest BCUT2D eigenvalue weighted by atomic mass is 10.0. The Balaban J connectivity index is 1.93. The number of rotatable bonds is 5. The molecule has 1 unspecified atom stereocenters. The highest BCUT2D eigenvalue weighted by Gasteiger charge is 2.32. The van der Waals surface area contributed by atoms with Gasteiger partial charge in [-0.1, -0.05) is 23.7 Å². The van der Waals surface area contributed by atoms with Crippen LogP contribution < -0.4 is 5.32 Å². The van der Waals surface area contributed by atoms with E-state index in [-0.39, 0.29) is 18.6 Å². The maximum atomic E-state index is 11.8. The first-order chi connectivity index (χ1) is 9.35. The van der Waals surface area contributed by atoms with Crippen LogP contribution in [0.1, 0.15) is 45.2 Å². The molecule has 110 valence electrons. The predicted octanol–water partition coefficient (Wildman–Crippen LogP) is 3.72. The summed E-state index contributed by atoms with van der Waals surface area (Å²) in [5, 5.41) is 4.05. The van der Waals surface area contributed by atoms with Crippen molar-refractivity contribution in [1.29, 1.82) is 0 Å². The summed E-state index contributed by atoms with van der Waals surface area (Å²) in [5.41, 5.74) is 0.745. The topological polar surface area (TPSA) is 38.3 Å². The van der Waals surface area contributed by atoms with Gasteiger partial charge in [0.25, 0.3) is 0 Å². The molecule has 1 aromatic carbocycles. The molecule has 20 heavy (non-hydrogen) atoms. The third kappa shape index (κ3) is 4.80. The Labute approximate surface area is 125 Å². The number of hydrogen-bond acceptors (Lipinski definition) is 3. The first-order valence-corrected chi connectivity index (χ1v) is 7.43. The van der Waals surface area contributed by atoms with Crippen molar-refractivity contribution in [3.63, 3.8) is 0 Å². The van der Waals surface area contributed by atoms with Crippen molar-refractivity contribution in [2.75, 3.05) is 6.54 Å². The predicted molar refractivity (Wildman–Crippen MR) is 80.8 cm³/mol.